The molecule has 3 N–H and O–H groups in total. The summed E-state index contributed by atoms with van der Waals surface area (Å²) in [5, 5.41) is 7.50. The largest absolute Gasteiger partial charge is 0.384 e. The van der Waals surface area contributed by atoms with Crippen LogP contribution in [0.2, 0.25) is 0 Å². The molecule has 0 radical (unpaired) electrons. The molecule has 6 nitrogen and oxygen atoms in total. The van der Waals surface area contributed by atoms with Crippen LogP contribution in [0.25, 0.3) is 5.69 Å². The van der Waals surface area contributed by atoms with Crippen molar-refractivity contribution in [2.45, 2.75) is 19.3 Å². The number of benzene rings is 1. The van der Waals surface area contributed by atoms with Crippen molar-refractivity contribution >= 4 is 11.7 Å². The summed E-state index contributed by atoms with van der Waals surface area (Å²) in [5.41, 5.74) is 7.91. The average molecular weight is 314 g/mol. The molecule has 2 aromatic rings. The van der Waals surface area contributed by atoms with Gasteiger partial charge in [0.15, 0.2) is 0 Å². The number of para-hydroxylation sites is 1. The van der Waals surface area contributed by atoms with Crippen molar-refractivity contribution in [2.24, 2.45) is 5.92 Å². The molecule has 1 atom stereocenters. The molecule has 1 amide bonds. The Bertz CT molecular complexity index is 648. The lowest BCUT2D eigenvalue weighted by Crippen LogP contribution is -2.31. The summed E-state index contributed by atoms with van der Waals surface area (Å²) in [7, 11) is 0. The monoisotopic (exact) mass is 314 g/mol. The first-order valence-electron chi connectivity index (χ1n) is 7.99. The van der Waals surface area contributed by atoms with Gasteiger partial charge in [0.25, 0.3) is 0 Å². The Morgan fingerprint density at radius 1 is 1.39 bits per heavy atom. The van der Waals surface area contributed by atoms with Gasteiger partial charge in [0, 0.05) is 19.2 Å². The second-order valence-electron chi connectivity index (χ2n) is 5.76. The highest BCUT2D eigenvalue weighted by atomic mass is 16.5. The Morgan fingerprint density at radius 2 is 2.22 bits per heavy atom. The maximum Gasteiger partial charge on any atom is 0.225 e. The Balaban J connectivity index is 1.48. The van der Waals surface area contributed by atoms with Crippen LogP contribution >= 0.6 is 0 Å². The molecule has 0 aliphatic carbocycles. The van der Waals surface area contributed by atoms with E-state index in [9.17, 15) is 4.79 Å². The van der Waals surface area contributed by atoms with Crippen molar-refractivity contribution in [3.05, 3.63) is 42.1 Å². The van der Waals surface area contributed by atoms with Crippen molar-refractivity contribution in [1.29, 1.82) is 0 Å². The first-order valence-corrected chi connectivity index (χ1v) is 7.99. The highest BCUT2D eigenvalue weighted by Gasteiger charge is 2.22. The quantitative estimate of drug-likeness (QED) is 0.792. The number of rotatable bonds is 6. The third-order valence-corrected chi connectivity index (χ3v) is 4.00. The number of ether oxygens (including phenoxy) is 1. The van der Waals surface area contributed by atoms with Gasteiger partial charge in [-0.05, 0) is 31.4 Å². The van der Waals surface area contributed by atoms with E-state index in [0.29, 0.717) is 25.6 Å². The van der Waals surface area contributed by atoms with Gasteiger partial charge >= 0.3 is 0 Å². The van der Waals surface area contributed by atoms with Crippen molar-refractivity contribution in [3.63, 3.8) is 0 Å². The number of nitrogens with two attached hydrogens (primary N) is 1. The van der Waals surface area contributed by atoms with Gasteiger partial charge in [0.2, 0.25) is 5.91 Å². The first-order chi connectivity index (χ1) is 11.2. The predicted octanol–water partition coefficient (Wildman–Crippen LogP) is 1.54. The topological polar surface area (TPSA) is 82.2 Å². The molecule has 6 heteroatoms. The van der Waals surface area contributed by atoms with Crippen molar-refractivity contribution < 1.29 is 9.53 Å². The molecule has 23 heavy (non-hydrogen) atoms. The molecule has 0 unspecified atom stereocenters. The number of amides is 1. The van der Waals surface area contributed by atoms with Gasteiger partial charge in [-0.25, -0.2) is 4.68 Å². The Labute approximate surface area is 135 Å². The van der Waals surface area contributed by atoms with Gasteiger partial charge in [-0.3, -0.25) is 4.79 Å². The number of nitrogen functional groups attached to an aromatic ring is 1. The van der Waals surface area contributed by atoms with E-state index in [1.54, 1.807) is 4.68 Å². The third-order valence-electron chi connectivity index (χ3n) is 4.00. The molecule has 0 bridgehead atoms. The summed E-state index contributed by atoms with van der Waals surface area (Å²) in [6.45, 7) is 1.88. The van der Waals surface area contributed by atoms with Gasteiger partial charge in [-0.2, -0.15) is 5.10 Å². The maximum absolute atomic E-state index is 11.9. The summed E-state index contributed by atoms with van der Waals surface area (Å²) in [6, 6.07) is 11.7. The van der Waals surface area contributed by atoms with E-state index >= 15 is 0 Å². The molecular weight excluding hydrogens is 292 g/mol. The minimum atomic E-state index is 0.0166. The fourth-order valence-electron chi connectivity index (χ4n) is 2.71. The molecule has 3 rings (SSSR count). The van der Waals surface area contributed by atoms with Crippen LogP contribution in [-0.2, 0) is 16.0 Å². The van der Waals surface area contributed by atoms with Gasteiger partial charge in [-0.15, -0.1) is 0 Å². The summed E-state index contributed by atoms with van der Waals surface area (Å²) in [4.78, 5) is 11.9. The Morgan fingerprint density at radius 3 is 2.96 bits per heavy atom. The number of anilines is 1. The number of aromatic nitrogens is 2. The van der Waals surface area contributed by atoms with Crippen molar-refractivity contribution in [1.82, 2.24) is 15.1 Å². The fourth-order valence-corrected chi connectivity index (χ4v) is 2.71. The molecule has 0 saturated carbocycles. The van der Waals surface area contributed by atoms with Crippen LogP contribution in [0.15, 0.2) is 36.4 Å². The number of hydrogen-bond donors (Lipinski definition) is 2. The lowest BCUT2D eigenvalue weighted by molar-refractivity contribution is -0.124. The number of nitrogens with zero attached hydrogens (tertiary/aromatic N) is 2. The minimum absolute atomic E-state index is 0.0166. The Hall–Kier alpha value is -2.34. The number of aryl methyl sites for hydroxylation is 1. The lowest BCUT2D eigenvalue weighted by atomic mass is 10.1. The third kappa shape index (κ3) is 3.90. The zero-order valence-electron chi connectivity index (χ0n) is 13.1. The Kier molecular flexibility index (Phi) is 4.92. The molecular formula is C17H22N4O2. The van der Waals surface area contributed by atoms with Crippen LogP contribution in [0.4, 0.5) is 5.82 Å². The van der Waals surface area contributed by atoms with E-state index in [4.69, 9.17) is 10.5 Å². The number of carbonyl (C=O) groups is 1. The van der Waals surface area contributed by atoms with Crippen LogP contribution in [0.3, 0.4) is 0 Å². The number of hydrogen-bond acceptors (Lipinski definition) is 4. The van der Waals surface area contributed by atoms with E-state index in [-0.39, 0.29) is 11.8 Å². The standard InChI is InChI=1S/C17H22N4O2/c18-16-11-14(20-21(16)15-6-2-1-3-7-15)5-4-9-19-17(22)13-8-10-23-12-13/h1-3,6-7,11,13H,4-5,8-10,12,18H2,(H,19,22)/t13-/m0/s1. The van der Waals surface area contributed by atoms with Crippen LogP contribution in [0, 0.1) is 5.92 Å². The normalized spacial score (nSPS) is 17.3. The minimum Gasteiger partial charge on any atom is -0.384 e. The SMILES string of the molecule is Nc1cc(CCCNC(=O)[C@H]2CCOC2)nn1-c1ccccc1. The van der Waals surface area contributed by atoms with Gasteiger partial charge in [-0.1, -0.05) is 18.2 Å². The van der Waals surface area contributed by atoms with Crippen LogP contribution in [0.5, 0.6) is 0 Å². The number of nitrogens with one attached hydrogen (secondary N) is 1. The molecule has 1 fully saturated rings. The second-order valence-corrected chi connectivity index (χ2v) is 5.76. The van der Waals surface area contributed by atoms with Gasteiger partial charge < -0.3 is 15.8 Å². The molecule has 1 saturated heterocycles. The van der Waals surface area contributed by atoms with Gasteiger partial charge in [0.05, 0.1) is 23.9 Å². The molecule has 1 aromatic carbocycles. The van der Waals surface area contributed by atoms with Crippen LogP contribution in [-0.4, -0.2) is 35.4 Å². The molecule has 122 valence electrons. The fraction of sp³-hybridized carbons (Fsp3) is 0.412. The summed E-state index contributed by atoms with van der Waals surface area (Å²) in [5.74, 6) is 0.734. The lowest BCUT2D eigenvalue weighted by Gasteiger charge is -2.08. The zero-order valence-corrected chi connectivity index (χ0v) is 13.1. The summed E-state index contributed by atoms with van der Waals surface area (Å²) in [6.07, 6.45) is 2.44. The first kappa shape index (κ1) is 15.6. The highest BCUT2D eigenvalue weighted by Crippen LogP contribution is 2.15. The van der Waals surface area contributed by atoms with E-state index in [1.807, 2.05) is 36.4 Å². The van der Waals surface area contributed by atoms with Crippen LogP contribution < -0.4 is 11.1 Å². The highest BCUT2D eigenvalue weighted by molar-refractivity contribution is 5.78. The average Bonchev–Trinajstić information content (AvgIpc) is 3.22. The predicted molar refractivity (Wildman–Crippen MR) is 88.2 cm³/mol. The maximum atomic E-state index is 11.9. The number of carbonyl (C=O) groups excluding carboxylic acids is 1. The van der Waals surface area contributed by atoms with Crippen molar-refractivity contribution in [3.8, 4) is 5.69 Å². The van der Waals surface area contributed by atoms with E-state index in [1.165, 1.54) is 0 Å². The van der Waals surface area contributed by atoms with E-state index in [2.05, 4.69) is 10.4 Å². The second kappa shape index (κ2) is 7.28. The van der Waals surface area contributed by atoms with E-state index in [0.717, 1.165) is 30.6 Å². The molecule has 1 aromatic heterocycles. The van der Waals surface area contributed by atoms with Gasteiger partial charge in [0.1, 0.15) is 5.82 Å². The summed E-state index contributed by atoms with van der Waals surface area (Å²) >= 11 is 0. The zero-order chi connectivity index (χ0) is 16.1. The molecule has 2 heterocycles. The summed E-state index contributed by atoms with van der Waals surface area (Å²) < 4.78 is 6.96. The molecule has 0 spiro atoms. The van der Waals surface area contributed by atoms with Crippen molar-refractivity contribution in [2.75, 3.05) is 25.5 Å². The smallest absolute Gasteiger partial charge is 0.225 e. The van der Waals surface area contributed by atoms with E-state index < -0.39 is 0 Å². The molecule has 1 aliphatic heterocycles. The van der Waals surface area contributed by atoms with Crippen LogP contribution in [0.1, 0.15) is 18.5 Å². The molecule has 1 aliphatic rings.